The molecule has 1 nitrogen and oxygen atoms in total. The average Bonchev–Trinajstić information content (AvgIpc) is 3.00. The average molecular weight is 184 g/mol. The van der Waals surface area contributed by atoms with E-state index >= 15 is 0 Å². The summed E-state index contributed by atoms with van der Waals surface area (Å²) in [4.78, 5) is 0. The van der Waals surface area contributed by atoms with E-state index in [1.54, 1.807) is 0 Å². The lowest BCUT2D eigenvalue weighted by Gasteiger charge is -2.08. The van der Waals surface area contributed by atoms with E-state index in [4.69, 9.17) is 5.26 Å². The van der Waals surface area contributed by atoms with E-state index in [2.05, 4.69) is 26.0 Å². The van der Waals surface area contributed by atoms with Gasteiger partial charge in [-0.15, -0.1) is 0 Å². The molecular weight excluding hydrogens is 170 g/mol. The fourth-order valence-corrected chi connectivity index (χ4v) is 1.68. The minimum Gasteiger partial charge on any atom is -0.192 e. The first-order chi connectivity index (χ1) is 6.70. The lowest BCUT2D eigenvalue weighted by atomic mass is 9.96. The Labute approximate surface area is 85.4 Å². The molecule has 0 amide bonds. The van der Waals surface area contributed by atoms with E-state index in [0.717, 1.165) is 5.56 Å². The standard InChI is InChI=1S/C13H14N/c1-9(2)12-5-10(8-14)6-13(7-12)11-3-4-11/h5-7,9,11H,1,3-4H2,2H3. The third kappa shape index (κ3) is 1.80. The van der Waals surface area contributed by atoms with E-state index in [0.29, 0.717) is 5.92 Å². The summed E-state index contributed by atoms with van der Waals surface area (Å²) in [6.45, 7) is 6.06. The minimum absolute atomic E-state index is 0.265. The molecular formula is C13H14N. The largest absolute Gasteiger partial charge is 0.192 e. The van der Waals surface area contributed by atoms with Gasteiger partial charge in [-0.2, -0.15) is 5.26 Å². The minimum atomic E-state index is 0.265. The van der Waals surface area contributed by atoms with Gasteiger partial charge in [-0.05, 0) is 54.9 Å². The van der Waals surface area contributed by atoms with Gasteiger partial charge in [-0.25, -0.2) is 0 Å². The molecule has 1 saturated carbocycles. The molecule has 1 radical (unpaired) electrons. The maximum atomic E-state index is 8.90. The number of benzene rings is 1. The van der Waals surface area contributed by atoms with Crippen LogP contribution in [0.4, 0.5) is 0 Å². The number of hydrogen-bond acceptors (Lipinski definition) is 1. The predicted molar refractivity (Wildman–Crippen MR) is 56.9 cm³/mol. The molecule has 2 rings (SSSR count). The third-order valence-corrected chi connectivity index (χ3v) is 2.72. The van der Waals surface area contributed by atoms with E-state index < -0.39 is 0 Å². The normalized spacial score (nSPS) is 15.6. The van der Waals surface area contributed by atoms with E-state index in [9.17, 15) is 0 Å². The molecule has 1 aromatic rings. The Bertz CT molecular complexity index is 360. The summed E-state index contributed by atoms with van der Waals surface area (Å²) < 4.78 is 0. The molecule has 1 atom stereocenters. The van der Waals surface area contributed by atoms with Crippen LogP contribution < -0.4 is 0 Å². The number of nitrogens with zero attached hydrogens (tertiary/aromatic N) is 1. The van der Waals surface area contributed by atoms with Gasteiger partial charge in [0.15, 0.2) is 0 Å². The van der Waals surface area contributed by atoms with Crippen LogP contribution in [-0.4, -0.2) is 0 Å². The van der Waals surface area contributed by atoms with Crippen LogP contribution in [0.25, 0.3) is 0 Å². The van der Waals surface area contributed by atoms with E-state index in [1.807, 2.05) is 12.1 Å². The summed E-state index contributed by atoms with van der Waals surface area (Å²) in [5.74, 6) is 0.974. The van der Waals surface area contributed by atoms with Gasteiger partial charge in [0.05, 0.1) is 11.6 Å². The molecule has 0 N–H and O–H groups in total. The maximum Gasteiger partial charge on any atom is 0.0991 e. The van der Waals surface area contributed by atoms with Gasteiger partial charge < -0.3 is 0 Å². The van der Waals surface area contributed by atoms with Gasteiger partial charge in [-0.3, -0.25) is 0 Å². The zero-order valence-corrected chi connectivity index (χ0v) is 8.46. The lowest BCUT2D eigenvalue weighted by molar-refractivity contribution is 0.952. The van der Waals surface area contributed by atoms with Crippen molar-refractivity contribution in [2.75, 3.05) is 0 Å². The predicted octanol–water partition coefficient (Wildman–Crippen LogP) is 3.37. The molecule has 0 spiro atoms. The molecule has 1 fully saturated rings. The first-order valence-electron chi connectivity index (χ1n) is 5.09. The van der Waals surface area contributed by atoms with Crippen LogP contribution in [0, 0.1) is 18.3 Å². The topological polar surface area (TPSA) is 23.8 Å². The van der Waals surface area contributed by atoms with Gasteiger partial charge in [0, 0.05) is 0 Å². The SMILES string of the molecule is [CH2]C(C)c1cc(C#N)cc(C2CC2)c1. The Balaban J connectivity index is 2.42. The Morgan fingerprint density at radius 2 is 2.14 bits per heavy atom. The van der Waals surface area contributed by atoms with Crippen molar-refractivity contribution < 1.29 is 0 Å². The molecule has 1 aliphatic carbocycles. The second kappa shape index (κ2) is 3.46. The summed E-state index contributed by atoms with van der Waals surface area (Å²) >= 11 is 0. The highest BCUT2D eigenvalue weighted by Gasteiger charge is 2.24. The van der Waals surface area contributed by atoms with Crippen molar-refractivity contribution in [1.29, 1.82) is 5.26 Å². The summed E-state index contributed by atoms with van der Waals surface area (Å²) in [6.07, 6.45) is 2.56. The lowest BCUT2D eigenvalue weighted by Crippen LogP contribution is -1.92. The summed E-state index contributed by atoms with van der Waals surface area (Å²) in [5.41, 5.74) is 3.29. The van der Waals surface area contributed by atoms with Crippen LogP contribution in [0.15, 0.2) is 18.2 Å². The zero-order valence-electron chi connectivity index (χ0n) is 8.46. The molecule has 1 aliphatic rings. The van der Waals surface area contributed by atoms with Gasteiger partial charge >= 0.3 is 0 Å². The van der Waals surface area contributed by atoms with Crippen LogP contribution in [0.3, 0.4) is 0 Å². The van der Waals surface area contributed by atoms with Crippen molar-refractivity contribution in [2.24, 2.45) is 0 Å². The molecule has 0 saturated heterocycles. The Kier molecular flexibility index (Phi) is 2.29. The van der Waals surface area contributed by atoms with Crippen LogP contribution >= 0.6 is 0 Å². The van der Waals surface area contributed by atoms with Crippen molar-refractivity contribution in [2.45, 2.75) is 31.6 Å². The Hall–Kier alpha value is -1.29. The Morgan fingerprint density at radius 3 is 2.64 bits per heavy atom. The highest BCUT2D eigenvalue weighted by Crippen LogP contribution is 2.41. The highest BCUT2D eigenvalue weighted by atomic mass is 14.3. The molecule has 0 heterocycles. The third-order valence-electron chi connectivity index (χ3n) is 2.72. The van der Waals surface area contributed by atoms with Crippen molar-refractivity contribution in [3.05, 3.63) is 41.8 Å². The molecule has 1 heteroatoms. The summed E-state index contributed by atoms with van der Waals surface area (Å²) in [7, 11) is 0. The molecule has 0 aliphatic heterocycles. The van der Waals surface area contributed by atoms with Crippen LogP contribution in [0.1, 0.15) is 48.3 Å². The molecule has 0 bridgehead atoms. The number of hydrogen-bond donors (Lipinski definition) is 0. The van der Waals surface area contributed by atoms with Crippen LogP contribution in [0.5, 0.6) is 0 Å². The second-order valence-electron chi connectivity index (χ2n) is 4.18. The summed E-state index contributed by atoms with van der Waals surface area (Å²) in [5, 5.41) is 8.90. The smallest absolute Gasteiger partial charge is 0.0991 e. The van der Waals surface area contributed by atoms with Gasteiger partial charge in [-0.1, -0.05) is 13.0 Å². The maximum absolute atomic E-state index is 8.90. The number of rotatable bonds is 2. The second-order valence-corrected chi connectivity index (χ2v) is 4.18. The summed E-state index contributed by atoms with van der Waals surface area (Å²) in [6, 6.07) is 8.39. The van der Waals surface area contributed by atoms with Crippen molar-refractivity contribution >= 4 is 0 Å². The molecule has 0 aromatic heterocycles. The van der Waals surface area contributed by atoms with Gasteiger partial charge in [0.2, 0.25) is 0 Å². The highest BCUT2D eigenvalue weighted by molar-refractivity contribution is 5.41. The van der Waals surface area contributed by atoms with Gasteiger partial charge in [0.25, 0.3) is 0 Å². The first kappa shape index (κ1) is 9.27. The van der Waals surface area contributed by atoms with E-state index in [1.165, 1.54) is 24.0 Å². The fraction of sp³-hybridized carbons (Fsp3) is 0.385. The molecule has 71 valence electrons. The fourth-order valence-electron chi connectivity index (χ4n) is 1.68. The van der Waals surface area contributed by atoms with Crippen LogP contribution in [0.2, 0.25) is 0 Å². The van der Waals surface area contributed by atoms with Crippen molar-refractivity contribution in [1.82, 2.24) is 0 Å². The van der Waals surface area contributed by atoms with Crippen molar-refractivity contribution in [3.8, 4) is 6.07 Å². The van der Waals surface area contributed by atoms with Gasteiger partial charge in [0.1, 0.15) is 0 Å². The van der Waals surface area contributed by atoms with Crippen molar-refractivity contribution in [3.63, 3.8) is 0 Å². The van der Waals surface area contributed by atoms with E-state index in [-0.39, 0.29) is 5.92 Å². The zero-order chi connectivity index (χ0) is 10.1. The quantitative estimate of drug-likeness (QED) is 0.691. The Morgan fingerprint density at radius 1 is 1.43 bits per heavy atom. The monoisotopic (exact) mass is 184 g/mol. The molecule has 1 aromatic carbocycles. The van der Waals surface area contributed by atoms with Crippen LogP contribution in [-0.2, 0) is 0 Å². The molecule has 1 unspecified atom stereocenters. The number of nitriles is 1. The first-order valence-corrected chi connectivity index (χ1v) is 5.09. The molecule has 14 heavy (non-hydrogen) atoms.